The van der Waals surface area contributed by atoms with Gasteiger partial charge in [0.1, 0.15) is 0 Å². The SMILES string of the molecule is O=C(NC[C@@H]1CC(=O)N(C2CCCC2)C1)c1ccc(-c2cnccn2)cc1. The first kappa shape index (κ1) is 17.6. The van der Waals surface area contributed by atoms with Crippen LogP contribution in [0.25, 0.3) is 11.3 Å². The first-order valence-corrected chi connectivity index (χ1v) is 9.65. The smallest absolute Gasteiger partial charge is 0.251 e. The summed E-state index contributed by atoms with van der Waals surface area (Å²) in [5, 5.41) is 2.99. The molecule has 2 aromatic rings. The van der Waals surface area contributed by atoms with E-state index in [0.29, 0.717) is 24.6 Å². The molecule has 1 aliphatic heterocycles. The van der Waals surface area contributed by atoms with Crippen LogP contribution in [0.3, 0.4) is 0 Å². The maximum atomic E-state index is 12.4. The van der Waals surface area contributed by atoms with Gasteiger partial charge in [0.25, 0.3) is 5.91 Å². The third-order valence-corrected chi connectivity index (χ3v) is 5.56. The monoisotopic (exact) mass is 364 g/mol. The van der Waals surface area contributed by atoms with Gasteiger partial charge < -0.3 is 10.2 Å². The Balaban J connectivity index is 1.31. The second kappa shape index (κ2) is 7.86. The van der Waals surface area contributed by atoms with E-state index in [-0.39, 0.29) is 17.7 Å². The van der Waals surface area contributed by atoms with Crippen molar-refractivity contribution >= 4 is 11.8 Å². The van der Waals surface area contributed by atoms with Gasteiger partial charge in [0.15, 0.2) is 0 Å². The van der Waals surface area contributed by atoms with Gasteiger partial charge in [-0.15, -0.1) is 0 Å². The van der Waals surface area contributed by atoms with Crippen molar-refractivity contribution < 1.29 is 9.59 Å². The largest absolute Gasteiger partial charge is 0.352 e. The summed E-state index contributed by atoms with van der Waals surface area (Å²) in [6.07, 6.45) is 10.2. The summed E-state index contributed by atoms with van der Waals surface area (Å²) in [5.41, 5.74) is 2.31. The molecule has 0 unspecified atom stereocenters. The second-order valence-electron chi connectivity index (χ2n) is 7.43. The molecule has 0 spiro atoms. The van der Waals surface area contributed by atoms with Gasteiger partial charge in [-0.25, -0.2) is 0 Å². The molecule has 1 saturated heterocycles. The molecule has 2 heterocycles. The maximum Gasteiger partial charge on any atom is 0.251 e. The Bertz CT molecular complexity index is 801. The Morgan fingerprint density at radius 2 is 1.93 bits per heavy atom. The second-order valence-corrected chi connectivity index (χ2v) is 7.43. The highest BCUT2D eigenvalue weighted by atomic mass is 16.2. The molecule has 1 N–H and O–H groups in total. The number of nitrogens with one attached hydrogen (secondary N) is 1. The minimum atomic E-state index is -0.104. The third kappa shape index (κ3) is 3.99. The number of amides is 2. The minimum absolute atomic E-state index is 0.104. The van der Waals surface area contributed by atoms with E-state index in [0.717, 1.165) is 30.6 Å². The molecule has 6 heteroatoms. The van der Waals surface area contributed by atoms with Crippen LogP contribution in [0.1, 0.15) is 42.5 Å². The predicted molar refractivity (Wildman–Crippen MR) is 102 cm³/mol. The number of likely N-dealkylation sites (tertiary alicyclic amines) is 1. The average molecular weight is 364 g/mol. The van der Waals surface area contributed by atoms with Gasteiger partial charge >= 0.3 is 0 Å². The summed E-state index contributed by atoms with van der Waals surface area (Å²) >= 11 is 0. The summed E-state index contributed by atoms with van der Waals surface area (Å²) in [5.74, 6) is 0.350. The number of hydrogen-bond acceptors (Lipinski definition) is 4. The van der Waals surface area contributed by atoms with Crippen molar-refractivity contribution in [2.45, 2.75) is 38.1 Å². The molecule has 4 rings (SSSR count). The number of nitrogens with zero attached hydrogens (tertiary/aromatic N) is 3. The molecule has 1 aromatic heterocycles. The molecule has 0 bridgehead atoms. The number of benzene rings is 1. The van der Waals surface area contributed by atoms with Crippen LogP contribution in [0.5, 0.6) is 0 Å². The van der Waals surface area contributed by atoms with Gasteiger partial charge in [-0.1, -0.05) is 25.0 Å². The lowest BCUT2D eigenvalue weighted by molar-refractivity contribution is -0.129. The lowest BCUT2D eigenvalue weighted by Crippen LogP contribution is -2.36. The summed E-state index contributed by atoms with van der Waals surface area (Å²) in [6, 6.07) is 7.76. The van der Waals surface area contributed by atoms with Crippen molar-refractivity contribution in [3.63, 3.8) is 0 Å². The van der Waals surface area contributed by atoms with Crippen molar-refractivity contribution in [2.24, 2.45) is 5.92 Å². The Labute approximate surface area is 159 Å². The average Bonchev–Trinajstić information content (AvgIpc) is 3.36. The summed E-state index contributed by atoms with van der Waals surface area (Å²) in [7, 11) is 0. The zero-order chi connectivity index (χ0) is 18.6. The van der Waals surface area contributed by atoms with Crippen molar-refractivity contribution in [3.8, 4) is 11.3 Å². The van der Waals surface area contributed by atoms with Gasteiger partial charge in [-0.3, -0.25) is 19.6 Å². The van der Waals surface area contributed by atoms with E-state index in [1.54, 1.807) is 30.7 Å². The molecule has 2 aliphatic rings. The summed E-state index contributed by atoms with van der Waals surface area (Å²) in [6.45, 7) is 1.31. The van der Waals surface area contributed by atoms with E-state index in [1.807, 2.05) is 17.0 Å². The van der Waals surface area contributed by atoms with Gasteiger partial charge in [-0.2, -0.15) is 0 Å². The number of rotatable bonds is 5. The molecule has 140 valence electrons. The predicted octanol–water partition coefficient (Wildman–Crippen LogP) is 2.66. The minimum Gasteiger partial charge on any atom is -0.352 e. The molecule has 27 heavy (non-hydrogen) atoms. The highest BCUT2D eigenvalue weighted by molar-refractivity contribution is 5.94. The number of hydrogen-bond donors (Lipinski definition) is 1. The zero-order valence-corrected chi connectivity index (χ0v) is 15.3. The molecule has 0 radical (unpaired) electrons. The molecule has 1 aromatic carbocycles. The molecule has 6 nitrogen and oxygen atoms in total. The van der Waals surface area contributed by atoms with Crippen molar-refractivity contribution in [2.75, 3.05) is 13.1 Å². The van der Waals surface area contributed by atoms with Crippen molar-refractivity contribution in [1.82, 2.24) is 20.2 Å². The van der Waals surface area contributed by atoms with E-state index in [2.05, 4.69) is 15.3 Å². The van der Waals surface area contributed by atoms with Crippen LogP contribution in [0.15, 0.2) is 42.9 Å². The fraction of sp³-hybridized carbons (Fsp3) is 0.429. The van der Waals surface area contributed by atoms with Crippen LogP contribution in [-0.4, -0.2) is 45.8 Å². The topological polar surface area (TPSA) is 75.2 Å². The molecule has 2 amide bonds. The van der Waals surface area contributed by atoms with Crippen LogP contribution < -0.4 is 5.32 Å². The Kier molecular flexibility index (Phi) is 5.14. The lowest BCUT2D eigenvalue weighted by atomic mass is 10.1. The van der Waals surface area contributed by atoms with Crippen molar-refractivity contribution in [1.29, 1.82) is 0 Å². The van der Waals surface area contributed by atoms with Crippen LogP contribution >= 0.6 is 0 Å². The third-order valence-electron chi connectivity index (χ3n) is 5.56. The highest BCUT2D eigenvalue weighted by Crippen LogP contribution is 2.29. The van der Waals surface area contributed by atoms with E-state index in [9.17, 15) is 9.59 Å². The number of carbonyl (C=O) groups is 2. The first-order chi connectivity index (χ1) is 13.2. The fourth-order valence-corrected chi connectivity index (χ4v) is 4.09. The molecular formula is C21H24N4O2. The molecule has 1 saturated carbocycles. The number of aromatic nitrogens is 2. The van der Waals surface area contributed by atoms with Crippen LogP contribution in [-0.2, 0) is 4.79 Å². The van der Waals surface area contributed by atoms with Crippen LogP contribution in [0.2, 0.25) is 0 Å². The standard InChI is InChI=1S/C21H24N4O2/c26-20-11-15(14-25(20)18-3-1-2-4-18)12-24-21(27)17-7-5-16(6-8-17)19-13-22-9-10-23-19/h5-10,13,15,18H,1-4,11-12,14H2,(H,24,27)/t15-/m0/s1. The van der Waals surface area contributed by atoms with Gasteiger partial charge in [0.05, 0.1) is 11.9 Å². The lowest BCUT2D eigenvalue weighted by Gasteiger charge is -2.24. The van der Waals surface area contributed by atoms with E-state index < -0.39 is 0 Å². The van der Waals surface area contributed by atoms with Gasteiger partial charge in [0.2, 0.25) is 5.91 Å². The molecule has 2 fully saturated rings. The van der Waals surface area contributed by atoms with Gasteiger partial charge in [0, 0.05) is 55.0 Å². The van der Waals surface area contributed by atoms with E-state index in [1.165, 1.54) is 12.8 Å². The van der Waals surface area contributed by atoms with Crippen LogP contribution in [0.4, 0.5) is 0 Å². The Morgan fingerprint density at radius 3 is 2.63 bits per heavy atom. The van der Waals surface area contributed by atoms with E-state index in [4.69, 9.17) is 0 Å². The zero-order valence-electron chi connectivity index (χ0n) is 15.3. The Morgan fingerprint density at radius 1 is 1.15 bits per heavy atom. The molecule has 1 aliphatic carbocycles. The van der Waals surface area contributed by atoms with E-state index >= 15 is 0 Å². The van der Waals surface area contributed by atoms with Crippen molar-refractivity contribution in [3.05, 3.63) is 48.4 Å². The summed E-state index contributed by atoms with van der Waals surface area (Å²) in [4.78, 5) is 35.1. The van der Waals surface area contributed by atoms with Gasteiger partial charge in [-0.05, 0) is 25.0 Å². The molecule has 1 atom stereocenters. The quantitative estimate of drug-likeness (QED) is 0.885. The fourth-order valence-electron chi connectivity index (χ4n) is 4.09. The summed E-state index contributed by atoms with van der Waals surface area (Å²) < 4.78 is 0. The van der Waals surface area contributed by atoms with Crippen LogP contribution in [0, 0.1) is 5.92 Å². The molecular weight excluding hydrogens is 340 g/mol. The normalized spacial score (nSPS) is 20.2. The maximum absolute atomic E-state index is 12.4. The Hall–Kier alpha value is -2.76. The number of carbonyl (C=O) groups excluding carboxylic acids is 2. The highest BCUT2D eigenvalue weighted by Gasteiger charge is 2.35. The first-order valence-electron chi connectivity index (χ1n) is 9.65.